The van der Waals surface area contributed by atoms with Crippen LogP contribution in [0.2, 0.25) is 0 Å². The first-order valence-corrected chi connectivity index (χ1v) is 6.45. The molecule has 82 valence electrons. The molecule has 0 aromatic carbocycles. The first kappa shape index (κ1) is 10.9. The molecule has 1 aliphatic carbocycles. The largest absolute Gasteiger partial charge is 0.316 e. The molecule has 0 saturated heterocycles. The van der Waals surface area contributed by atoms with Gasteiger partial charge in [0.15, 0.2) is 5.16 Å². The third kappa shape index (κ3) is 4.18. The van der Waals surface area contributed by atoms with E-state index in [9.17, 15) is 0 Å². The number of rotatable bonds is 6. The lowest BCUT2D eigenvalue weighted by atomic mass is 10.4. The van der Waals surface area contributed by atoms with Crippen LogP contribution in [0.15, 0.2) is 17.6 Å². The van der Waals surface area contributed by atoms with Crippen LogP contribution < -0.4 is 5.32 Å². The Labute approximate surface area is 95.1 Å². The van der Waals surface area contributed by atoms with E-state index in [0.717, 1.165) is 28.9 Å². The lowest BCUT2D eigenvalue weighted by molar-refractivity contribution is 0.665. The van der Waals surface area contributed by atoms with Crippen LogP contribution in [-0.2, 0) is 0 Å². The number of hydrogen-bond acceptors (Lipinski definition) is 4. The van der Waals surface area contributed by atoms with Crippen LogP contribution in [0.4, 0.5) is 0 Å². The van der Waals surface area contributed by atoms with Crippen LogP contribution in [-0.4, -0.2) is 28.8 Å². The maximum absolute atomic E-state index is 4.25. The van der Waals surface area contributed by atoms with Crippen LogP contribution in [0.3, 0.4) is 0 Å². The van der Waals surface area contributed by atoms with Crippen LogP contribution in [0.1, 0.15) is 18.4 Å². The predicted molar refractivity (Wildman–Crippen MR) is 63.1 cm³/mol. The Balaban J connectivity index is 1.58. The fourth-order valence-electron chi connectivity index (χ4n) is 1.30. The van der Waals surface area contributed by atoms with Crippen molar-refractivity contribution in [3.8, 4) is 0 Å². The van der Waals surface area contributed by atoms with Crippen molar-refractivity contribution in [3.05, 3.63) is 18.0 Å². The van der Waals surface area contributed by atoms with Gasteiger partial charge in [0, 0.05) is 24.7 Å². The summed E-state index contributed by atoms with van der Waals surface area (Å²) in [5.74, 6) is 2.01. The smallest absolute Gasteiger partial charge is 0.187 e. The predicted octanol–water partition coefficient (Wildman–Crippen LogP) is 1.88. The molecule has 1 N–H and O–H groups in total. The maximum Gasteiger partial charge on any atom is 0.187 e. The third-order valence-electron chi connectivity index (χ3n) is 2.40. The second-order valence-corrected chi connectivity index (χ2v) is 5.10. The summed E-state index contributed by atoms with van der Waals surface area (Å²) in [7, 11) is 0. The quantitative estimate of drug-likeness (QED) is 0.454. The van der Waals surface area contributed by atoms with Gasteiger partial charge in [-0.05, 0) is 37.8 Å². The lowest BCUT2D eigenvalue weighted by Gasteiger charge is -2.02. The minimum Gasteiger partial charge on any atom is -0.316 e. The van der Waals surface area contributed by atoms with Crippen molar-refractivity contribution in [2.24, 2.45) is 5.92 Å². The summed E-state index contributed by atoms with van der Waals surface area (Å²) in [6.07, 6.45) is 6.57. The topological polar surface area (TPSA) is 37.8 Å². The van der Waals surface area contributed by atoms with Gasteiger partial charge in [0.05, 0.1) is 0 Å². The van der Waals surface area contributed by atoms with E-state index in [-0.39, 0.29) is 0 Å². The normalized spacial score (nSPS) is 15.5. The summed E-state index contributed by atoms with van der Waals surface area (Å²) in [6, 6.07) is 0. The minimum atomic E-state index is 0.883. The van der Waals surface area contributed by atoms with Crippen molar-refractivity contribution in [1.82, 2.24) is 15.3 Å². The van der Waals surface area contributed by atoms with Crippen LogP contribution in [0.25, 0.3) is 0 Å². The van der Waals surface area contributed by atoms with Crippen molar-refractivity contribution < 1.29 is 0 Å². The Morgan fingerprint density at radius 2 is 2.13 bits per heavy atom. The van der Waals surface area contributed by atoms with Gasteiger partial charge in [-0.3, -0.25) is 0 Å². The monoisotopic (exact) mass is 223 g/mol. The summed E-state index contributed by atoms with van der Waals surface area (Å²) in [5, 5.41) is 4.34. The zero-order valence-electron chi connectivity index (χ0n) is 9.07. The molecule has 1 aromatic rings. The average Bonchev–Trinajstić information content (AvgIpc) is 3.04. The summed E-state index contributed by atoms with van der Waals surface area (Å²) in [4.78, 5) is 8.49. The number of hydrogen-bond donors (Lipinski definition) is 1. The standard InChI is InChI=1S/C11H17N3S/c1-9-6-13-11(14-7-9)15-5-4-12-8-10-2-3-10/h6-7,10,12H,2-5,8H2,1H3. The molecule has 1 aliphatic rings. The van der Waals surface area contributed by atoms with Crippen LogP contribution >= 0.6 is 11.8 Å². The van der Waals surface area contributed by atoms with Gasteiger partial charge in [0.2, 0.25) is 0 Å². The molecule has 1 fully saturated rings. The SMILES string of the molecule is Cc1cnc(SCCNCC2CC2)nc1. The highest BCUT2D eigenvalue weighted by molar-refractivity contribution is 7.99. The molecule has 0 unspecified atom stereocenters. The van der Waals surface area contributed by atoms with E-state index in [1.807, 2.05) is 19.3 Å². The highest BCUT2D eigenvalue weighted by Crippen LogP contribution is 2.27. The summed E-state index contributed by atoms with van der Waals surface area (Å²) >= 11 is 1.72. The molecule has 1 heterocycles. The number of nitrogens with zero attached hydrogens (tertiary/aromatic N) is 2. The zero-order chi connectivity index (χ0) is 10.5. The van der Waals surface area contributed by atoms with Crippen molar-refractivity contribution in [3.63, 3.8) is 0 Å². The van der Waals surface area contributed by atoms with Gasteiger partial charge in [-0.15, -0.1) is 0 Å². The van der Waals surface area contributed by atoms with Gasteiger partial charge in [0.25, 0.3) is 0 Å². The van der Waals surface area contributed by atoms with Crippen molar-refractivity contribution >= 4 is 11.8 Å². The fraction of sp³-hybridized carbons (Fsp3) is 0.636. The highest BCUT2D eigenvalue weighted by atomic mass is 32.2. The Hall–Kier alpha value is -0.610. The Kier molecular flexibility index (Phi) is 3.97. The molecule has 4 heteroatoms. The molecule has 0 amide bonds. The number of nitrogens with one attached hydrogen (secondary N) is 1. The molecule has 0 radical (unpaired) electrons. The fourth-order valence-corrected chi connectivity index (χ4v) is 1.98. The van der Waals surface area contributed by atoms with E-state index >= 15 is 0 Å². The van der Waals surface area contributed by atoms with Gasteiger partial charge in [0.1, 0.15) is 0 Å². The van der Waals surface area contributed by atoms with E-state index < -0.39 is 0 Å². The first-order chi connectivity index (χ1) is 7.34. The van der Waals surface area contributed by atoms with E-state index in [1.165, 1.54) is 19.4 Å². The van der Waals surface area contributed by atoms with Gasteiger partial charge < -0.3 is 5.32 Å². The second kappa shape index (κ2) is 5.47. The minimum absolute atomic E-state index is 0.883. The number of thioether (sulfide) groups is 1. The molecular weight excluding hydrogens is 206 g/mol. The van der Waals surface area contributed by atoms with Crippen LogP contribution in [0.5, 0.6) is 0 Å². The van der Waals surface area contributed by atoms with E-state index in [2.05, 4.69) is 15.3 Å². The second-order valence-electron chi connectivity index (χ2n) is 4.04. The van der Waals surface area contributed by atoms with Gasteiger partial charge in [-0.25, -0.2) is 9.97 Å². The highest BCUT2D eigenvalue weighted by Gasteiger charge is 2.19. The molecule has 0 spiro atoms. The number of aromatic nitrogens is 2. The summed E-state index contributed by atoms with van der Waals surface area (Å²) in [6.45, 7) is 4.25. The molecule has 15 heavy (non-hydrogen) atoms. The molecule has 0 bridgehead atoms. The average molecular weight is 223 g/mol. The van der Waals surface area contributed by atoms with Gasteiger partial charge in [-0.2, -0.15) is 0 Å². The summed E-state index contributed by atoms with van der Waals surface area (Å²) in [5.41, 5.74) is 1.12. The molecule has 3 nitrogen and oxygen atoms in total. The lowest BCUT2D eigenvalue weighted by Crippen LogP contribution is -2.19. The zero-order valence-corrected chi connectivity index (χ0v) is 9.89. The van der Waals surface area contributed by atoms with Crippen molar-refractivity contribution in [2.45, 2.75) is 24.9 Å². The van der Waals surface area contributed by atoms with Gasteiger partial charge in [-0.1, -0.05) is 11.8 Å². The van der Waals surface area contributed by atoms with E-state index in [1.54, 1.807) is 11.8 Å². The van der Waals surface area contributed by atoms with E-state index in [0.29, 0.717) is 0 Å². The Morgan fingerprint density at radius 3 is 2.80 bits per heavy atom. The van der Waals surface area contributed by atoms with Crippen molar-refractivity contribution in [1.29, 1.82) is 0 Å². The van der Waals surface area contributed by atoms with Gasteiger partial charge >= 0.3 is 0 Å². The third-order valence-corrected chi connectivity index (χ3v) is 3.27. The maximum atomic E-state index is 4.25. The summed E-state index contributed by atoms with van der Waals surface area (Å²) < 4.78 is 0. The Bertz CT molecular complexity index is 295. The van der Waals surface area contributed by atoms with E-state index in [4.69, 9.17) is 0 Å². The molecule has 1 saturated carbocycles. The molecule has 0 atom stereocenters. The molecule has 0 aliphatic heterocycles. The van der Waals surface area contributed by atoms with Crippen molar-refractivity contribution in [2.75, 3.05) is 18.8 Å². The first-order valence-electron chi connectivity index (χ1n) is 5.47. The molecular formula is C11H17N3S. The molecule has 1 aromatic heterocycles. The molecule has 2 rings (SSSR count). The van der Waals surface area contributed by atoms with Crippen LogP contribution in [0, 0.1) is 12.8 Å². The Morgan fingerprint density at radius 1 is 1.40 bits per heavy atom. The number of aryl methyl sites for hydroxylation is 1.